The number of benzene rings is 2. The van der Waals surface area contributed by atoms with Crippen molar-refractivity contribution >= 4 is 32.8 Å². The van der Waals surface area contributed by atoms with E-state index in [9.17, 15) is 18.5 Å². The normalized spacial score (nSPS) is 11.6. The number of nitro benzene ring substituents is 1. The van der Waals surface area contributed by atoms with Gasteiger partial charge in [0.05, 0.1) is 23.4 Å². The number of hydrogen-bond donors (Lipinski definition) is 2. The Kier molecular flexibility index (Phi) is 6.46. The van der Waals surface area contributed by atoms with Gasteiger partial charge in [-0.1, -0.05) is 0 Å². The molecule has 0 saturated heterocycles. The molecule has 160 valence electrons. The summed E-state index contributed by atoms with van der Waals surface area (Å²) < 4.78 is 33.5. The number of hydrazone groups is 1. The van der Waals surface area contributed by atoms with Crippen molar-refractivity contribution < 1.29 is 18.1 Å². The van der Waals surface area contributed by atoms with Crippen molar-refractivity contribution in [2.45, 2.75) is 11.8 Å². The van der Waals surface area contributed by atoms with E-state index in [0.29, 0.717) is 11.5 Å². The molecule has 10 nitrogen and oxygen atoms in total. The van der Waals surface area contributed by atoms with E-state index >= 15 is 0 Å². The van der Waals surface area contributed by atoms with E-state index in [1.807, 2.05) is 0 Å². The van der Waals surface area contributed by atoms with Crippen molar-refractivity contribution in [2.75, 3.05) is 17.3 Å². The van der Waals surface area contributed by atoms with Crippen LogP contribution in [0.15, 0.2) is 77.0 Å². The van der Waals surface area contributed by atoms with Gasteiger partial charge in [0.15, 0.2) is 0 Å². The van der Waals surface area contributed by atoms with E-state index in [2.05, 4.69) is 20.2 Å². The van der Waals surface area contributed by atoms with E-state index in [4.69, 9.17) is 4.74 Å². The van der Waals surface area contributed by atoms with Gasteiger partial charge in [-0.3, -0.25) is 25.2 Å². The molecule has 0 atom stereocenters. The molecule has 0 unspecified atom stereocenters. The van der Waals surface area contributed by atoms with Gasteiger partial charge in [-0.25, -0.2) is 8.42 Å². The minimum Gasteiger partial charge on any atom is -0.497 e. The first-order valence-corrected chi connectivity index (χ1v) is 10.4. The Hall–Kier alpha value is -3.99. The second-order valence-corrected chi connectivity index (χ2v) is 7.97. The number of sulfonamides is 1. The number of pyridine rings is 1. The number of rotatable bonds is 8. The second kappa shape index (κ2) is 9.22. The summed E-state index contributed by atoms with van der Waals surface area (Å²) in [5, 5.41) is 15.4. The summed E-state index contributed by atoms with van der Waals surface area (Å²) in [6, 6.07) is 13.2. The highest BCUT2D eigenvalue weighted by molar-refractivity contribution is 7.92. The van der Waals surface area contributed by atoms with E-state index in [0.717, 1.165) is 11.6 Å². The highest BCUT2D eigenvalue weighted by Gasteiger charge is 2.23. The first kappa shape index (κ1) is 21.7. The summed E-state index contributed by atoms with van der Waals surface area (Å²) >= 11 is 0. The maximum absolute atomic E-state index is 13.0. The van der Waals surface area contributed by atoms with Crippen molar-refractivity contribution in [3.8, 4) is 5.75 Å². The van der Waals surface area contributed by atoms with Gasteiger partial charge >= 0.3 is 0 Å². The molecule has 0 aliphatic heterocycles. The number of hydrogen-bond acceptors (Lipinski definition) is 8. The highest BCUT2D eigenvalue weighted by Crippen LogP contribution is 2.29. The summed E-state index contributed by atoms with van der Waals surface area (Å²) in [5.41, 5.74) is 4.04. The molecule has 11 heteroatoms. The molecule has 2 N–H and O–H groups in total. The number of methoxy groups -OCH3 is 1. The van der Waals surface area contributed by atoms with Crippen LogP contribution < -0.4 is 14.9 Å². The monoisotopic (exact) mass is 441 g/mol. The Bertz CT molecular complexity index is 1210. The molecule has 0 bridgehead atoms. The van der Waals surface area contributed by atoms with Crippen molar-refractivity contribution in [3.05, 3.63) is 82.7 Å². The van der Waals surface area contributed by atoms with E-state index in [-0.39, 0.29) is 22.0 Å². The van der Waals surface area contributed by atoms with Crippen LogP contribution >= 0.6 is 0 Å². The van der Waals surface area contributed by atoms with Crippen LogP contribution in [0, 0.1) is 10.1 Å². The molecule has 31 heavy (non-hydrogen) atoms. The molecule has 3 rings (SSSR count). The zero-order chi connectivity index (χ0) is 22.4. The van der Waals surface area contributed by atoms with Crippen LogP contribution in [0.25, 0.3) is 0 Å². The first-order valence-electron chi connectivity index (χ1n) is 8.96. The predicted molar refractivity (Wildman–Crippen MR) is 117 cm³/mol. The number of nitro groups is 1. The van der Waals surface area contributed by atoms with Crippen LogP contribution in [-0.4, -0.2) is 31.1 Å². The first-order chi connectivity index (χ1) is 14.8. The summed E-state index contributed by atoms with van der Waals surface area (Å²) in [7, 11) is -2.67. The second-order valence-electron chi connectivity index (χ2n) is 6.32. The third-order valence-electron chi connectivity index (χ3n) is 4.25. The van der Waals surface area contributed by atoms with E-state index in [1.165, 1.54) is 31.4 Å². The van der Waals surface area contributed by atoms with Gasteiger partial charge in [0.25, 0.3) is 15.7 Å². The Morgan fingerprint density at radius 2 is 1.77 bits per heavy atom. The Morgan fingerprint density at radius 1 is 1.10 bits per heavy atom. The standard InChI is InChI=1S/C20H19N5O5S/c1-14(15-9-11-21-12-10-15)22-23-19-8-5-17(25(26)27)13-20(19)31(28,29)24-16-3-6-18(30-2)7-4-16/h3-13,23-24H,1-2H3/b22-14-. The number of nitrogens with one attached hydrogen (secondary N) is 2. The third-order valence-corrected chi connectivity index (χ3v) is 5.67. The molecule has 0 saturated carbocycles. The molecule has 1 heterocycles. The van der Waals surface area contributed by atoms with Crippen LogP contribution in [0.3, 0.4) is 0 Å². The molecule has 1 aromatic heterocycles. The molecule has 0 aliphatic rings. The molecule has 0 spiro atoms. The number of ether oxygens (including phenoxy) is 1. The topological polar surface area (TPSA) is 136 Å². The van der Waals surface area contributed by atoms with Crippen molar-refractivity contribution in [1.82, 2.24) is 4.98 Å². The molecular formula is C20H19N5O5S. The Labute approximate surface area is 178 Å². The lowest BCUT2D eigenvalue weighted by atomic mass is 10.2. The smallest absolute Gasteiger partial charge is 0.270 e. The predicted octanol–water partition coefficient (Wildman–Crippen LogP) is 3.64. The zero-order valence-corrected chi connectivity index (χ0v) is 17.5. The summed E-state index contributed by atoms with van der Waals surface area (Å²) in [6.45, 7) is 1.73. The number of nitrogens with zero attached hydrogens (tertiary/aromatic N) is 3. The van der Waals surface area contributed by atoms with Crippen molar-refractivity contribution in [3.63, 3.8) is 0 Å². The molecular weight excluding hydrogens is 422 g/mol. The molecule has 3 aromatic rings. The van der Waals surface area contributed by atoms with Gasteiger partial charge in [0.1, 0.15) is 10.6 Å². The summed E-state index contributed by atoms with van der Waals surface area (Å²) in [6.07, 6.45) is 3.21. The molecule has 0 radical (unpaired) electrons. The van der Waals surface area contributed by atoms with Gasteiger partial charge in [-0.15, -0.1) is 0 Å². The fourth-order valence-corrected chi connectivity index (χ4v) is 3.85. The average molecular weight is 441 g/mol. The lowest BCUT2D eigenvalue weighted by Crippen LogP contribution is -2.15. The number of anilines is 2. The number of aromatic nitrogens is 1. The lowest BCUT2D eigenvalue weighted by molar-refractivity contribution is -0.385. The van der Waals surface area contributed by atoms with Gasteiger partial charge in [0, 0.05) is 35.8 Å². The fourth-order valence-electron chi connectivity index (χ4n) is 2.61. The Balaban J connectivity index is 1.96. The maximum atomic E-state index is 13.0. The quantitative estimate of drug-likeness (QED) is 0.309. The lowest BCUT2D eigenvalue weighted by Gasteiger charge is -2.13. The molecule has 0 amide bonds. The van der Waals surface area contributed by atoms with Crippen molar-refractivity contribution in [1.29, 1.82) is 0 Å². The van der Waals surface area contributed by atoms with Gasteiger partial charge in [0.2, 0.25) is 0 Å². The largest absolute Gasteiger partial charge is 0.497 e. The zero-order valence-electron chi connectivity index (χ0n) is 16.6. The molecule has 2 aromatic carbocycles. The fraction of sp³-hybridized carbons (Fsp3) is 0.100. The summed E-state index contributed by atoms with van der Waals surface area (Å²) in [5.74, 6) is 0.557. The van der Waals surface area contributed by atoms with E-state index in [1.54, 1.807) is 43.6 Å². The minimum atomic E-state index is -4.17. The van der Waals surface area contributed by atoms with Gasteiger partial charge in [-0.2, -0.15) is 5.10 Å². The van der Waals surface area contributed by atoms with Gasteiger partial charge < -0.3 is 4.74 Å². The van der Waals surface area contributed by atoms with Crippen LogP contribution in [0.1, 0.15) is 12.5 Å². The van der Waals surface area contributed by atoms with Crippen LogP contribution in [0.2, 0.25) is 0 Å². The Morgan fingerprint density at radius 3 is 2.39 bits per heavy atom. The van der Waals surface area contributed by atoms with E-state index < -0.39 is 14.9 Å². The van der Waals surface area contributed by atoms with Crippen LogP contribution in [0.5, 0.6) is 5.75 Å². The van der Waals surface area contributed by atoms with Crippen molar-refractivity contribution in [2.24, 2.45) is 5.10 Å². The molecule has 0 fully saturated rings. The highest BCUT2D eigenvalue weighted by atomic mass is 32.2. The van der Waals surface area contributed by atoms with Crippen LogP contribution in [-0.2, 0) is 10.0 Å². The number of non-ortho nitro benzene ring substituents is 1. The van der Waals surface area contributed by atoms with Crippen LogP contribution in [0.4, 0.5) is 17.1 Å². The van der Waals surface area contributed by atoms with Gasteiger partial charge in [-0.05, 0) is 49.4 Å². The molecule has 0 aliphatic carbocycles. The summed E-state index contributed by atoms with van der Waals surface area (Å²) in [4.78, 5) is 14.1. The SMILES string of the molecule is COc1ccc(NS(=O)(=O)c2cc([N+](=O)[O-])ccc2N/N=C(/C)c2ccncc2)cc1. The third kappa shape index (κ3) is 5.34. The maximum Gasteiger partial charge on any atom is 0.270 e. The average Bonchev–Trinajstić information content (AvgIpc) is 2.78. The minimum absolute atomic E-state index is 0.0833.